The predicted octanol–water partition coefficient (Wildman–Crippen LogP) is 3.91. The summed E-state index contributed by atoms with van der Waals surface area (Å²) < 4.78 is 5.03. The molecule has 2 fully saturated rings. The number of allylic oxidation sites excluding steroid dienone is 2. The second-order valence-corrected chi connectivity index (χ2v) is 6.76. The van der Waals surface area contributed by atoms with Gasteiger partial charge in [-0.2, -0.15) is 0 Å². The Hall–Kier alpha value is -2.16. The molecule has 1 saturated heterocycles. The zero-order valence-corrected chi connectivity index (χ0v) is 13.2. The Balaban J connectivity index is 1.87. The maximum atomic E-state index is 12.3. The number of esters is 2. The van der Waals surface area contributed by atoms with Crippen molar-refractivity contribution in [1.29, 1.82) is 0 Å². The van der Waals surface area contributed by atoms with Gasteiger partial charge in [-0.3, -0.25) is 9.59 Å². The highest BCUT2D eigenvalue weighted by Gasteiger charge is 2.54. The van der Waals surface area contributed by atoms with E-state index in [0.29, 0.717) is 0 Å². The zero-order valence-electron chi connectivity index (χ0n) is 13.2. The first-order valence-corrected chi connectivity index (χ1v) is 8.39. The van der Waals surface area contributed by atoms with Crippen molar-refractivity contribution in [1.82, 2.24) is 0 Å². The van der Waals surface area contributed by atoms with Crippen molar-refractivity contribution in [2.45, 2.75) is 32.6 Å². The van der Waals surface area contributed by atoms with Crippen molar-refractivity contribution in [2.75, 3.05) is 0 Å². The molecule has 2 aliphatic carbocycles. The smallest absolute Gasteiger partial charge is 0.321 e. The van der Waals surface area contributed by atoms with Gasteiger partial charge in [0, 0.05) is 0 Å². The SMILES string of the molecule is CC1=C2CCCC[C@H]2[C@H]2C(=O)OC(=O)[C@H]2/C1=C/c1ccccc1. The molecule has 0 radical (unpaired) electrons. The van der Waals surface area contributed by atoms with Crippen molar-refractivity contribution in [3.63, 3.8) is 0 Å². The van der Waals surface area contributed by atoms with Crippen LogP contribution in [0.3, 0.4) is 0 Å². The summed E-state index contributed by atoms with van der Waals surface area (Å²) in [5.74, 6) is -1.23. The van der Waals surface area contributed by atoms with Crippen LogP contribution in [-0.2, 0) is 14.3 Å². The van der Waals surface area contributed by atoms with E-state index in [2.05, 4.69) is 13.0 Å². The second kappa shape index (κ2) is 5.48. The summed E-state index contributed by atoms with van der Waals surface area (Å²) in [7, 11) is 0. The van der Waals surface area contributed by atoms with E-state index in [1.165, 1.54) is 17.6 Å². The first-order valence-electron chi connectivity index (χ1n) is 8.39. The van der Waals surface area contributed by atoms with Gasteiger partial charge in [-0.15, -0.1) is 0 Å². The number of hydrogen-bond donors (Lipinski definition) is 0. The third kappa shape index (κ3) is 2.26. The van der Waals surface area contributed by atoms with Gasteiger partial charge >= 0.3 is 11.9 Å². The topological polar surface area (TPSA) is 43.4 Å². The van der Waals surface area contributed by atoms with Gasteiger partial charge in [0.05, 0.1) is 11.8 Å². The summed E-state index contributed by atoms with van der Waals surface area (Å²) >= 11 is 0. The molecule has 0 spiro atoms. The number of rotatable bonds is 1. The van der Waals surface area contributed by atoms with E-state index in [4.69, 9.17) is 4.74 Å². The maximum absolute atomic E-state index is 12.3. The van der Waals surface area contributed by atoms with E-state index >= 15 is 0 Å². The number of carbonyl (C=O) groups excluding carboxylic acids is 2. The molecule has 3 aliphatic rings. The second-order valence-electron chi connectivity index (χ2n) is 6.76. The number of hydrogen-bond acceptors (Lipinski definition) is 3. The summed E-state index contributed by atoms with van der Waals surface area (Å²) in [5, 5.41) is 0. The van der Waals surface area contributed by atoms with Crippen LogP contribution < -0.4 is 0 Å². The lowest BCUT2D eigenvalue weighted by atomic mass is 9.63. The van der Waals surface area contributed by atoms with Crippen LogP contribution in [0.15, 0.2) is 47.1 Å². The lowest BCUT2D eigenvalue weighted by molar-refractivity contribution is -0.153. The molecule has 0 N–H and O–H groups in total. The Morgan fingerprint density at radius 1 is 1.09 bits per heavy atom. The molecule has 4 rings (SSSR count). The van der Waals surface area contributed by atoms with Gasteiger partial charge in [-0.05, 0) is 48.8 Å². The summed E-state index contributed by atoms with van der Waals surface area (Å²) in [6.07, 6.45) is 6.39. The van der Waals surface area contributed by atoms with Crippen LogP contribution in [0.4, 0.5) is 0 Å². The molecule has 1 aromatic rings. The Kier molecular flexibility index (Phi) is 3.44. The minimum absolute atomic E-state index is 0.195. The Labute approximate surface area is 136 Å². The molecule has 1 aliphatic heterocycles. The fraction of sp³-hybridized carbons (Fsp3) is 0.400. The molecule has 3 atom stereocenters. The molecule has 3 nitrogen and oxygen atoms in total. The summed E-state index contributed by atoms with van der Waals surface area (Å²) in [5.41, 5.74) is 4.60. The van der Waals surface area contributed by atoms with Gasteiger partial charge in [0.25, 0.3) is 0 Å². The minimum atomic E-state index is -0.422. The highest BCUT2D eigenvalue weighted by Crippen LogP contribution is 2.51. The molecular weight excluding hydrogens is 288 g/mol. The molecule has 0 unspecified atom stereocenters. The predicted molar refractivity (Wildman–Crippen MR) is 87.2 cm³/mol. The normalized spacial score (nSPS) is 31.9. The van der Waals surface area contributed by atoms with Crippen LogP contribution in [-0.4, -0.2) is 11.9 Å². The molecular formula is C20H20O3. The van der Waals surface area contributed by atoms with E-state index in [-0.39, 0.29) is 23.8 Å². The highest BCUT2D eigenvalue weighted by atomic mass is 16.6. The van der Waals surface area contributed by atoms with Gasteiger partial charge in [-0.25, -0.2) is 0 Å². The molecule has 23 heavy (non-hydrogen) atoms. The van der Waals surface area contributed by atoms with Crippen LogP contribution in [0.25, 0.3) is 6.08 Å². The van der Waals surface area contributed by atoms with Gasteiger partial charge in [0.15, 0.2) is 0 Å². The van der Waals surface area contributed by atoms with Gasteiger partial charge < -0.3 is 4.74 Å². The quantitative estimate of drug-likeness (QED) is 0.583. The van der Waals surface area contributed by atoms with Crippen LogP contribution >= 0.6 is 0 Å². The number of ether oxygens (including phenoxy) is 1. The Morgan fingerprint density at radius 3 is 2.65 bits per heavy atom. The van der Waals surface area contributed by atoms with Crippen molar-refractivity contribution >= 4 is 18.0 Å². The standard InChI is InChI=1S/C20H20O3/c1-12-14-9-5-6-10-15(14)17-18(20(22)23-19(17)21)16(12)11-13-7-3-2-4-8-13/h2-4,7-8,11,15,17-18H,5-6,9-10H2,1H3/b16-11+/t15-,17-,18+/m1/s1. The van der Waals surface area contributed by atoms with Crippen LogP contribution in [0.2, 0.25) is 0 Å². The van der Waals surface area contributed by atoms with Gasteiger partial charge in [0.2, 0.25) is 0 Å². The largest absolute Gasteiger partial charge is 0.392 e. The van der Waals surface area contributed by atoms with E-state index in [1.807, 2.05) is 30.3 Å². The summed E-state index contributed by atoms with van der Waals surface area (Å²) in [4.78, 5) is 24.6. The molecule has 118 valence electrons. The molecule has 1 aromatic carbocycles. The fourth-order valence-corrected chi connectivity index (χ4v) is 4.48. The van der Waals surface area contributed by atoms with E-state index in [0.717, 1.165) is 30.4 Å². The van der Waals surface area contributed by atoms with Crippen molar-refractivity contribution < 1.29 is 14.3 Å². The summed E-state index contributed by atoms with van der Waals surface area (Å²) in [6.45, 7) is 2.11. The lowest BCUT2D eigenvalue weighted by Gasteiger charge is -2.38. The number of carbonyl (C=O) groups is 2. The first-order chi connectivity index (χ1) is 11.2. The molecule has 0 bridgehead atoms. The zero-order chi connectivity index (χ0) is 16.0. The lowest BCUT2D eigenvalue weighted by Crippen LogP contribution is -2.35. The average Bonchev–Trinajstić information content (AvgIpc) is 2.87. The molecule has 1 saturated carbocycles. The van der Waals surface area contributed by atoms with Crippen LogP contribution in [0, 0.1) is 17.8 Å². The van der Waals surface area contributed by atoms with E-state index in [9.17, 15) is 9.59 Å². The number of fused-ring (bicyclic) bond motifs is 3. The number of benzene rings is 1. The first kappa shape index (κ1) is 14.4. The third-order valence-electron chi connectivity index (χ3n) is 5.55. The molecule has 0 aromatic heterocycles. The van der Waals surface area contributed by atoms with Crippen LogP contribution in [0.1, 0.15) is 38.2 Å². The van der Waals surface area contributed by atoms with Gasteiger partial charge in [-0.1, -0.05) is 48.4 Å². The van der Waals surface area contributed by atoms with Crippen LogP contribution in [0.5, 0.6) is 0 Å². The molecule has 3 heteroatoms. The fourth-order valence-electron chi connectivity index (χ4n) is 4.48. The van der Waals surface area contributed by atoms with E-state index in [1.54, 1.807) is 0 Å². The third-order valence-corrected chi connectivity index (χ3v) is 5.55. The Bertz CT molecular complexity index is 727. The highest BCUT2D eigenvalue weighted by molar-refractivity contribution is 6.00. The monoisotopic (exact) mass is 308 g/mol. The minimum Gasteiger partial charge on any atom is -0.392 e. The molecule has 1 heterocycles. The maximum Gasteiger partial charge on any atom is 0.321 e. The van der Waals surface area contributed by atoms with Crippen molar-refractivity contribution in [2.24, 2.45) is 17.8 Å². The Morgan fingerprint density at radius 2 is 1.87 bits per heavy atom. The van der Waals surface area contributed by atoms with E-state index < -0.39 is 5.92 Å². The summed E-state index contributed by atoms with van der Waals surface area (Å²) in [6, 6.07) is 9.99. The van der Waals surface area contributed by atoms with Crippen molar-refractivity contribution in [3.05, 3.63) is 52.6 Å². The molecule has 0 amide bonds. The van der Waals surface area contributed by atoms with Crippen molar-refractivity contribution in [3.8, 4) is 0 Å². The average molecular weight is 308 g/mol. The van der Waals surface area contributed by atoms with Gasteiger partial charge in [0.1, 0.15) is 0 Å². The number of cyclic esters (lactones) is 2.